The molecule has 1 aromatic carbocycles. The highest BCUT2D eigenvalue weighted by atomic mass is 16.5. The number of piperidine rings is 2. The van der Waals surface area contributed by atoms with Crippen molar-refractivity contribution in [2.24, 2.45) is 11.3 Å². The molecule has 1 spiro atoms. The molecule has 3 fully saturated rings. The Labute approximate surface area is 176 Å². The third-order valence-corrected chi connectivity index (χ3v) is 7.02. The van der Waals surface area contributed by atoms with E-state index in [1.807, 2.05) is 18.2 Å². The van der Waals surface area contributed by atoms with Crippen molar-refractivity contribution >= 4 is 17.9 Å². The fourth-order valence-corrected chi connectivity index (χ4v) is 5.12. The van der Waals surface area contributed by atoms with E-state index in [1.54, 1.807) is 10.4 Å². The maximum Gasteiger partial charge on any atom is 0.410 e. The number of nitrogens with one attached hydrogen (secondary N) is 1. The number of ether oxygens (including phenoxy) is 1. The fraction of sp³-hybridized carbons (Fsp3) is 0.591. The molecule has 2 saturated heterocycles. The minimum absolute atomic E-state index is 0.150. The molecule has 1 saturated carbocycles. The molecule has 3 amide bonds. The Morgan fingerprint density at radius 1 is 1.13 bits per heavy atom. The lowest BCUT2D eigenvalue weighted by molar-refractivity contribution is -0.150. The number of carbonyl (C=O) groups excluding carboxylic acids is 3. The van der Waals surface area contributed by atoms with E-state index in [0.717, 1.165) is 25.7 Å². The molecule has 0 unspecified atom stereocenters. The molecular weight excluding hydrogens is 386 g/mol. The Balaban J connectivity index is 1.52. The van der Waals surface area contributed by atoms with Crippen LogP contribution < -0.4 is 5.48 Å². The van der Waals surface area contributed by atoms with E-state index in [9.17, 15) is 19.6 Å². The maximum atomic E-state index is 13.5. The van der Waals surface area contributed by atoms with Crippen molar-refractivity contribution in [2.75, 3.05) is 26.7 Å². The minimum Gasteiger partial charge on any atom is -0.453 e. The van der Waals surface area contributed by atoms with E-state index < -0.39 is 24.0 Å². The van der Waals surface area contributed by atoms with E-state index >= 15 is 0 Å². The van der Waals surface area contributed by atoms with Crippen molar-refractivity contribution in [1.29, 1.82) is 0 Å². The van der Waals surface area contributed by atoms with Gasteiger partial charge in [0.15, 0.2) is 0 Å². The van der Waals surface area contributed by atoms with Crippen LogP contribution in [0.4, 0.5) is 4.79 Å². The van der Waals surface area contributed by atoms with Gasteiger partial charge in [-0.25, -0.2) is 10.3 Å². The van der Waals surface area contributed by atoms with Crippen LogP contribution in [0.3, 0.4) is 0 Å². The molecule has 1 aromatic rings. The number of amides is 3. The number of hydroxylamine groups is 1. The summed E-state index contributed by atoms with van der Waals surface area (Å²) in [7, 11) is 1.28. The fourth-order valence-electron chi connectivity index (χ4n) is 5.12. The molecule has 2 heterocycles. The van der Waals surface area contributed by atoms with Crippen LogP contribution in [0.5, 0.6) is 0 Å². The largest absolute Gasteiger partial charge is 0.453 e. The summed E-state index contributed by atoms with van der Waals surface area (Å²) in [4.78, 5) is 41.6. The second-order valence-corrected chi connectivity index (χ2v) is 8.84. The number of hydrogen-bond donors (Lipinski definition) is 2. The second-order valence-electron chi connectivity index (χ2n) is 8.84. The van der Waals surface area contributed by atoms with Crippen LogP contribution in [0.2, 0.25) is 0 Å². The first-order valence-corrected chi connectivity index (χ1v) is 10.6. The molecule has 0 bridgehead atoms. The summed E-state index contributed by atoms with van der Waals surface area (Å²) in [5, 5.41) is 9.27. The first-order chi connectivity index (χ1) is 14.5. The van der Waals surface area contributed by atoms with Gasteiger partial charge in [0.25, 0.3) is 0 Å². The van der Waals surface area contributed by atoms with Gasteiger partial charge in [0.1, 0.15) is 6.04 Å². The third-order valence-electron chi connectivity index (χ3n) is 7.02. The van der Waals surface area contributed by atoms with Crippen molar-refractivity contribution < 1.29 is 24.3 Å². The standard InChI is InChI=1S/C22H29N3O5/c1-30-21(28)25-14-22(9-10-22)13-17(19(26)23-29)18(25)20(27)24-11-7-16(8-12-24)15-5-3-2-4-6-15/h2-6,16-18,29H,7-14H2,1H3,(H,23,26)/t17-,18-/m0/s1. The van der Waals surface area contributed by atoms with Crippen LogP contribution in [0.15, 0.2) is 30.3 Å². The summed E-state index contributed by atoms with van der Waals surface area (Å²) >= 11 is 0. The molecule has 30 heavy (non-hydrogen) atoms. The van der Waals surface area contributed by atoms with Crippen LogP contribution >= 0.6 is 0 Å². The molecule has 2 aliphatic heterocycles. The van der Waals surface area contributed by atoms with Gasteiger partial charge in [0.2, 0.25) is 11.8 Å². The van der Waals surface area contributed by atoms with Crippen LogP contribution in [-0.4, -0.2) is 65.7 Å². The van der Waals surface area contributed by atoms with E-state index in [4.69, 9.17) is 4.74 Å². The van der Waals surface area contributed by atoms with Crippen molar-refractivity contribution in [3.63, 3.8) is 0 Å². The number of nitrogens with zero attached hydrogens (tertiary/aromatic N) is 2. The summed E-state index contributed by atoms with van der Waals surface area (Å²) in [6, 6.07) is 9.30. The molecule has 1 aliphatic carbocycles. The third kappa shape index (κ3) is 3.88. The molecule has 0 aromatic heterocycles. The minimum atomic E-state index is -0.955. The van der Waals surface area contributed by atoms with Crippen molar-refractivity contribution in [2.45, 2.75) is 44.1 Å². The van der Waals surface area contributed by atoms with Gasteiger partial charge in [-0.2, -0.15) is 0 Å². The average molecular weight is 415 g/mol. The van der Waals surface area contributed by atoms with E-state index in [-0.39, 0.29) is 11.3 Å². The Morgan fingerprint density at radius 3 is 2.37 bits per heavy atom. The lowest BCUT2D eigenvalue weighted by Crippen LogP contribution is -2.62. The summed E-state index contributed by atoms with van der Waals surface area (Å²) in [6.45, 7) is 1.55. The number of carbonyl (C=O) groups is 3. The quantitative estimate of drug-likeness (QED) is 0.582. The van der Waals surface area contributed by atoms with E-state index in [2.05, 4.69) is 12.1 Å². The number of likely N-dealkylation sites (tertiary alicyclic amines) is 2. The zero-order chi connectivity index (χ0) is 21.3. The molecule has 4 rings (SSSR count). The van der Waals surface area contributed by atoms with Gasteiger partial charge in [0, 0.05) is 19.6 Å². The van der Waals surface area contributed by atoms with Gasteiger partial charge in [-0.05, 0) is 49.0 Å². The summed E-state index contributed by atoms with van der Waals surface area (Å²) < 4.78 is 4.94. The van der Waals surface area contributed by atoms with Crippen LogP contribution in [0.25, 0.3) is 0 Å². The second kappa shape index (κ2) is 8.26. The molecule has 8 nitrogen and oxygen atoms in total. The highest BCUT2D eigenvalue weighted by Crippen LogP contribution is 2.55. The first-order valence-electron chi connectivity index (χ1n) is 10.6. The monoisotopic (exact) mass is 415 g/mol. The number of benzene rings is 1. The predicted octanol–water partition coefficient (Wildman–Crippen LogP) is 2.14. The topological polar surface area (TPSA) is 99.2 Å². The normalized spacial score (nSPS) is 25.7. The molecule has 2 N–H and O–H groups in total. The van der Waals surface area contributed by atoms with Crippen molar-refractivity contribution in [1.82, 2.24) is 15.3 Å². The van der Waals surface area contributed by atoms with Crippen molar-refractivity contribution in [3.8, 4) is 0 Å². The average Bonchev–Trinajstić information content (AvgIpc) is 3.55. The lowest BCUT2D eigenvalue weighted by Gasteiger charge is -2.45. The molecule has 0 radical (unpaired) electrons. The molecule has 8 heteroatoms. The number of methoxy groups -OCH3 is 1. The molecule has 162 valence electrons. The van der Waals surface area contributed by atoms with Gasteiger partial charge in [-0.1, -0.05) is 30.3 Å². The Kier molecular flexibility index (Phi) is 5.69. The molecule has 3 aliphatic rings. The van der Waals surface area contributed by atoms with Crippen LogP contribution in [0, 0.1) is 11.3 Å². The van der Waals surface area contributed by atoms with Crippen molar-refractivity contribution in [3.05, 3.63) is 35.9 Å². The maximum absolute atomic E-state index is 13.5. The Hall–Kier alpha value is -2.61. The summed E-state index contributed by atoms with van der Waals surface area (Å²) in [5.41, 5.74) is 2.83. The highest BCUT2D eigenvalue weighted by molar-refractivity contribution is 5.92. The molecule has 2 atom stereocenters. The smallest absolute Gasteiger partial charge is 0.410 e. The van der Waals surface area contributed by atoms with Gasteiger partial charge in [0.05, 0.1) is 13.0 Å². The molecular formula is C22H29N3O5. The first kappa shape index (κ1) is 20.7. The van der Waals surface area contributed by atoms with E-state index in [1.165, 1.54) is 17.6 Å². The zero-order valence-corrected chi connectivity index (χ0v) is 17.3. The number of hydrogen-bond acceptors (Lipinski definition) is 5. The van der Waals surface area contributed by atoms with E-state index in [0.29, 0.717) is 32.0 Å². The SMILES string of the molecule is COC(=O)N1CC2(CC2)C[C@H](C(=O)NO)[C@H]1C(=O)N1CCC(c2ccccc2)CC1. The lowest BCUT2D eigenvalue weighted by atomic mass is 9.79. The van der Waals surface area contributed by atoms with Gasteiger partial charge < -0.3 is 9.64 Å². The van der Waals surface area contributed by atoms with Gasteiger partial charge in [-0.15, -0.1) is 0 Å². The summed E-state index contributed by atoms with van der Waals surface area (Å²) in [5.74, 6) is -1.25. The van der Waals surface area contributed by atoms with Gasteiger partial charge in [-0.3, -0.25) is 19.7 Å². The number of rotatable bonds is 3. The van der Waals surface area contributed by atoms with Crippen LogP contribution in [0.1, 0.15) is 43.6 Å². The zero-order valence-electron chi connectivity index (χ0n) is 17.3. The van der Waals surface area contributed by atoms with Gasteiger partial charge >= 0.3 is 6.09 Å². The summed E-state index contributed by atoms with van der Waals surface area (Å²) in [6.07, 6.45) is 3.36. The van der Waals surface area contributed by atoms with Crippen LogP contribution in [-0.2, 0) is 14.3 Å². The highest BCUT2D eigenvalue weighted by Gasteiger charge is 2.57. The predicted molar refractivity (Wildman–Crippen MR) is 108 cm³/mol. The Morgan fingerprint density at radius 2 is 1.80 bits per heavy atom. The Bertz CT molecular complexity index is 774.